The van der Waals surface area contributed by atoms with Crippen LogP contribution in [0.4, 0.5) is 0 Å². The van der Waals surface area contributed by atoms with Crippen molar-refractivity contribution < 1.29 is 14.3 Å². The van der Waals surface area contributed by atoms with Gasteiger partial charge in [-0.15, -0.1) is 0 Å². The molecule has 1 aromatic heterocycles. The van der Waals surface area contributed by atoms with Crippen molar-refractivity contribution in [3.05, 3.63) is 65.9 Å². The number of likely N-dealkylation sites (tertiary alicyclic amines) is 1. The molecule has 0 saturated carbocycles. The topological polar surface area (TPSA) is 67.4 Å². The smallest absolute Gasteiger partial charge is 0.271 e. The number of methoxy groups -OCH3 is 2. The molecule has 0 spiro atoms. The SMILES string of the molecule is COc1ccc([C@@H]2CCN(C(=O)c3cc(-c4cccc(OC)c4)n[nH]3)C2)cc1. The summed E-state index contributed by atoms with van der Waals surface area (Å²) in [6.07, 6.45) is 0.953. The number of aromatic amines is 1. The van der Waals surface area contributed by atoms with Crippen molar-refractivity contribution in [1.29, 1.82) is 0 Å². The summed E-state index contributed by atoms with van der Waals surface area (Å²) in [7, 11) is 3.29. The predicted octanol–water partition coefficient (Wildman–Crippen LogP) is 3.72. The molecule has 1 atom stereocenters. The van der Waals surface area contributed by atoms with Gasteiger partial charge in [-0.1, -0.05) is 24.3 Å². The number of nitrogens with one attached hydrogen (secondary N) is 1. The number of hydrogen-bond acceptors (Lipinski definition) is 4. The Morgan fingerprint density at radius 1 is 1.07 bits per heavy atom. The van der Waals surface area contributed by atoms with Gasteiger partial charge in [0.1, 0.15) is 17.2 Å². The van der Waals surface area contributed by atoms with E-state index in [0.717, 1.165) is 35.7 Å². The summed E-state index contributed by atoms with van der Waals surface area (Å²) in [6, 6.07) is 17.5. The number of nitrogens with zero attached hydrogens (tertiary/aromatic N) is 2. The Labute approximate surface area is 164 Å². The molecule has 2 heterocycles. The van der Waals surface area contributed by atoms with E-state index in [-0.39, 0.29) is 5.91 Å². The maximum atomic E-state index is 12.9. The number of rotatable bonds is 5. The summed E-state index contributed by atoms with van der Waals surface area (Å²) in [6.45, 7) is 1.45. The molecular weight excluding hydrogens is 354 g/mol. The minimum absolute atomic E-state index is 0.0161. The normalized spacial score (nSPS) is 16.2. The minimum atomic E-state index is -0.0161. The molecule has 6 nitrogen and oxygen atoms in total. The van der Waals surface area contributed by atoms with E-state index in [1.54, 1.807) is 20.3 Å². The Kier molecular flexibility index (Phi) is 5.02. The first-order chi connectivity index (χ1) is 13.7. The lowest BCUT2D eigenvalue weighted by Gasteiger charge is -2.15. The monoisotopic (exact) mass is 377 g/mol. The fourth-order valence-corrected chi connectivity index (χ4v) is 3.62. The van der Waals surface area contributed by atoms with Gasteiger partial charge in [-0.2, -0.15) is 5.10 Å². The van der Waals surface area contributed by atoms with Gasteiger partial charge in [0.2, 0.25) is 0 Å². The van der Waals surface area contributed by atoms with Crippen LogP contribution < -0.4 is 9.47 Å². The van der Waals surface area contributed by atoms with Crippen LogP contribution in [0.1, 0.15) is 28.4 Å². The molecular formula is C22H23N3O3. The average molecular weight is 377 g/mol. The number of benzene rings is 2. The molecule has 144 valence electrons. The third kappa shape index (κ3) is 3.58. The van der Waals surface area contributed by atoms with Crippen molar-refractivity contribution in [2.24, 2.45) is 0 Å². The third-order valence-electron chi connectivity index (χ3n) is 5.24. The van der Waals surface area contributed by atoms with Gasteiger partial charge in [0.15, 0.2) is 0 Å². The Balaban J connectivity index is 1.45. The summed E-state index contributed by atoms with van der Waals surface area (Å²) < 4.78 is 10.5. The highest BCUT2D eigenvalue weighted by Crippen LogP contribution is 2.30. The summed E-state index contributed by atoms with van der Waals surface area (Å²) in [5.74, 6) is 1.93. The highest BCUT2D eigenvalue weighted by molar-refractivity contribution is 5.93. The third-order valence-corrected chi connectivity index (χ3v) is 5.24. The van der Waals surface area contributed by atoms with Crippen molar-refractivity contribution in [1.82, 2.24) is 15.1 Å². The molecule has 1 aliphatic rings. The Bertz CT molecular complexity index is 965. The number of aromatic nitrogens is 2. The molecule has 6 heteroatoms. The number of hydrogen-bond donors (Lipinski definition) is 1. The molecule has 1 aliphatic heterocycles. The second-order valence-electron chi connectivity index (χ2n) is 6.91. The minimum Gasteiger partial charge on any atom is -0.497 e. The van der Waals surface area contributed by atoms with Crippen molar-refractivity contribution in [3.63, 3.8) is 0 Å². The van der Waals surface area contributed by atoms with E-state index in [0.29, 0.717) is 18.2 Å². The fourth-order valence-electron chi connectivity index (χ4n) is 3.62. The van der Waals surface area contributed by atoms with Crippen molar-refractivity contribution >= 4 is 5.91 Å². The summed E-state index contributed by atoms with van der Waals surface area (Å²) >= 11 is 0. The lowest BCUT2D eigenvalue weighted by molar-refractivity contribution is 0.0785. The van der Waals surface area contributed by atoms with Crippen LogP contribution in [-0.2, 0) is 0 Å². The molecule has 0 unspecified atom stereocenters. The maximum Gasteiger partial charge on any atom is 0.271 e. The maximum absolute atomic E-state index is 12.9. The van der Waals surface area contributed by atoms with Gasteiger partial charge < -0.3 is 14.4 Å². The molecule has 4 rings (SSSR count). The molecule has 1 amide bonds. The van der Waals surface area contributed by atoms with Gasteiger partial charge >= 0.3 is 0 Å². The van der Waals surface area contributed by atoms with Crippen LogP contribution in [0.25, 0.3) is 11.3 Å². The van der Waals surface area contributed by atoms with E-state index in [1.165, 1.54) is 5.56 Å². The molecule has 1 fully saturated rings. The zero-order chi connectivity index (χ0) is 19.5. The Morgan fingerprint density at radius 3 is 2.61 bits per heavy atom. The second-order valence-corrected chi connectivity index (χ2v) is 6.91. The quantitative estimate of drug-likeness (QED) is 0.736. The van der Waals surface area contributed by atoms with Gasteiger partial charge in [0.25, 0.3) is 5.91 Å². The summed E-state index contributed by atoms with van der Waals surface area (Å²) in [5, 5.41) is 7.20. The van der Waals surface area contributed by atoms with Crippen LogP contribution in [-0.4, -0.2) is 48.3 Å². The molecule has 0 radical (unpaired) electrons. The molecule has 1 saturated heterocycles. The summed E-state index contributed by atoms with van der Waals surface area (Å²) in [4.78, 5) is 14.8. The number of ether oxygens (including phenoxy) is 2. The predicted molar refractivity (Wildman–Crippen MR) is 107 cm³/mol. The molecule has 1 N–H and O–H groups in total. The highest BCUT2D eigenvalue weighted by Gasteiger charge is 2.29. The zero-order valence-electron chi connectivity index (χ0n) is 16.0. The first-order valence-electron chi connectivity index (χ1n) is 9.31. The second kappa shape index (κ2) is 7.76. The zero-order valence-corrected chi connectivity index (χ0v) is 16.0. The van der Waals surface area contributed by atoms with Crippen LogP contribution >= 0.6 is 0 Å². The molecule has 2 aromatic carbocycles. The van der Waals surface area contributed by atoms with Crippen molar-refractivity contribution in [3.8, 4) is 22.8 Å². The fraction of sp³-hybridized carbons (Fsp3) is 0.273. The van der Waals surface area contributed by atoms with E-state index in [4.69, 9.17) is 9.47 Å². The van der Waals surface area contributed by atoms with Gasteiger partial charge in [-0.25, -0.2) is 0 Å². The van der Waals surface area contributed by atoms with Gasteiger partial charge in [0, 0.05) is 24.6 Å². The first kappa shape index (κ1) is 18.1. The lowest BCUT2D eigenvalue weighted by Crippen LogP contribution is -2.28. The number of carbonyl (C=O) groups is 1. The lowest BCUT2D eigenvalue weighted by atomic mass is 9.98. The van der Waals surface area contributed by atoms with Crippen molar-refractivity contribution in [2.75, 3.05) is 27.3 Å². The van der Waals surface area contributed by atoms with E-state index < -0.39 is 0 Å². The average Bonchev–Trinajstić information content (AvgIpc) is 3.44. The van der Waals surface area contributed by atoms with Gasteiger partial charge in [-0.3, -0.25) is 9.89 Å². The van der Waals surface area contributed by atoms with Crippen LogP contribution in [0.5, 0.6) is 11.5 Å². The van der Waals surface area contributed by atoms with Crippen LogP contribution in [0, 0.1) is 0 Å². The molecule has 0 bridgehead atoms. The van der Waals surface area contributed by atoms with Crippen LogP contribution in [0.15, 0.2) is 54.6 Å². The standard InChI is InChI=1S/C22H23N3O3/c1-27-18-8-6-15(7-9-18)17-10-11-25(14-17)22(26)21-13-20(23-24-21)16-4-3-5-19(12-16)28-2/h3-9,12-13,17H,10-11,14H2,1-2H3,(H,23,24)/t17-/m1/s1. The molecule has 3 aromatic rings. The van der Waals surface area contributed by atoms with Crippen molar-refractivity contribution in [2.45, 2.75) is 12.3 Å². The number of carbonyl (C=O) groups excluding carboxylic acids is 1. The Hall–Kier alpha value is -3.28. The van der Waals surface area contributed by atoms with E-state index in [2.05, 4.69) is 22.3 Å². The summed E-state index contributed by atoms with van der Waals surface area (Å²) in [5.41, 5.74) is 3.38. The van der Waals surface area contributed by atoms with E-state index in [1.807, 2.05) is 41.3 Å². The highest BCUT2D eigenvalue weighted by atomic mass is 16.5. The van der Waals surface area contributed by atoms with E-state index in [9.17, 15) is 4.79 Å². The Morgan fingerprint density at radius 2 is 1.86 bits per heavy atom. The number of H-pyrrole nitrogens is 1. The van der Waals surface area contributed by atoms with Crippen LogP contribution in [0.3, 0.4) is 0 Å². The first-order valence-corrected chi connectivity index (χ1v) is 9.31. The van der Waals surface area contributed by atoms with E-state index >= 15 is 0 Å². The van der Waals surface area contributed by atoms with Crippen LogP contribution in [0.2, 0.25) is 0 Å². The van der Waals surface area contributed by atoms with Gasteiger partial charge in [0.05, 0.1) is 19.9 Å². The molecule has 0 aliphatic carbocycles. The largest absolute Gasteiger partial charge is 0.497 e. The number of amides is 1. The molecule has 28 heavy (non-hydrogen) atoms. The van der Waals surface area contributed by atoms with Gasteiger partial charge in [-0.05, 0) is 42.3 Å².